The van der Waals surface area contributed by atoms with E-state index in [0.717, 1.165) is 19.6 Å². The SMILES string of the molecule is CC(=O)c1ccc(N2CC(CN(C)C)C2)c([N+](=O)[O-])c1. The third kappa shape index (κ3) is 2.96. The van der Waals surface area contributed by atoms with Gasteiger partial charge in [0.1, 0.15) is 5.69 Å². The predicted octanol–water partition coefficient (Wildman–Crippen LogP) is 1.80. The molecule has 0 atom stereocenters. The molecule has 0 radical (unpaired) electrons. The fraction of sp³-hybridized carbons (Fsp3) is 0.500. The molecule has 6 heteroatoms. The van der Waals surface area contributed by atoms with Crippen LogP contribution in [0.3, 0.4) is 0 Å². The van der Waals surface area contributed by atoms with Crippen molar-refractivity contribution >= 4 is 17.2 Å². The fourth-order valence-corrected chi connectivity index (χ4v) is 2.55. The Hall–Kier alpha value is -1.95. The Balaban J connectivity index is 2.17. The van der Waals surface area contributed by atoms with Gasteiger partial charge in [-0.3, -0.25) is 14.9 Å². The molecule has 0 bridgehead atoms. The second-order valence-electron chi connectivity index (χ2n) is 5.55. The first-order valence-corrected chi connectivity index (χ1v) is 6.57. The number of nitro benzene ring substituents is 1. The topological polar surface area (TPSA) is 66.7 Å². The van der Waals surface area contributed by atoms with Crippen LogP contribution in [-0.4, -0.2) is 49.3 Å². The van der Waals surface area contributed by atoms with Gasteiger partial charge >= 0.3 is 0 Å². The van der Waals surface area contributed by atoms with E-state index >= 15 is 0 Å². The van der Waals surface area contributed by atoms with Crippen molar-refractivity contribution in [3.8, 4) is 0 Å². The van der Waals surface area contributed by atoms with E-state index < -0.39 is 4.92 Å². The molecule has 0 aromatic heterocycles. The zero-order valence-corrected chi connectivity index (χ0v) is 12.0. The van der Waals surface area contributed by atoms with Gasteiger partial charge in [-0.25, -0.2) is 0 Å². The predicted molar refractivity (Wildman–Crippen MR) is 77.4 cm³/mol. The van der Waals surface area contributed by atoms with Crippen LogP contribution in [-0.2, 0) is 0 Å². The summed E-state index contributed by atoms with van der Waals surface area (Å²) < 4.78 is 0. The molecule has 1 aliphatic heterocycles. The average Bonchev–Trinajstić information content (AvgIpc) is 2.32. The van der Waals surface area contributed by atoms with E-state index in [0.29, 0.717) is 17.2 Å². The summed E-state index contributed by atoms with van der Waals surface area (Å²) in [6.07, 6.45) is 0. The Morgan fingerprint density at radius 1 is 1.45 bits per heavy atom. The van der Waals surface area contributed by atoms with Gasteiger partial charge in [0.15, 0.2) is 5.78 Å². The monoisotopic (exact) mass is 277 g/mol. The van der Waals surface area contributed by atoms with E-state index in [-0.39, 0.29) is 11.5 Å². The number of ketones is 1. The maximum Gasteiger partial charge on any atom is 0.293 e. The molecule has 1 aromatic carbocycles. The van der Waals surface area contributed by atoms with Crippen molar-refractivity contribution in [1.29, 1.82) is 0 Å². The van der Waals surface area contributed by atoms with Crippen LogP contribution in [0.25, 0.3) is 0 Å². The quantitative estimate of drug-likeness (QED) is 0.466. The Labute approximate surface area is 118 Å². The van der Waals surface area contributed by atoms with E-state index in [2.05, 4.69) is 4.90 Å². The normalized spacial score (nSPS) is 15.3. The Kier molecular flexibility index (Phi) is 4.04. The van der Waals surface area contributed by atoms with Crippen molar-refractivity contribution in [3.05, 3.63) is 33.9 Å². The number of nitro groups is 1. The van der Waals surface area contributed by atoms with Crippen LogP contribution in [0.15, 0.2) is 18.2 Å². The minimum absolute atomic E-state index is 0.0148. The van der Waals surface area contributed by atoms with Gasteiger partial charge in [0, 0.05) is 37.2 Å². The number of carbonyl (C=O) groups excluding carboxylic acids is 1. The van der Waals surface area contributed by atoms with Gasteiger partial charge in [-0.1, -0.05) is 0 Å². The molecule has 0 aliphatic carbocycles. The van der Waals surface area contributed by atoms with Crippen LogP contribution in [0.1, 0.15) is 17.3 Å². The molecule has 108 valence electrons. The number of hydrogen-bond acceptors (Lipinski definition) is 5. The van der Waals surface area contributed by atoms with Crippen LogP contribution in [0.2, 0.25) is 0 Å². The second-order valence-corrected chi connectivity index (χ2v) is 5.55. The highest BCUT2D eigenvalue weighted by Crippen LogP contribution is 2.34. The van der Waals surface area contributed by atoms with Gasteiger partial charge in [0.2, 0.25) is 0 Å². The molecule has 0 unspecified atom stereocenters. The molecular formula is C14H19N3O3. The van der Waals surface area contributed by atoms with Crippen molar-refractivity contribution in [2.45, 2.75) is 6.92 Å². The average molecular weight is 277 g/mol. The van der Waals surface area contributed by atoms with Crippen LogP contribution >= 0.6 is 0 Å². The maximum absolute atomic E-state index is 11.3. The number of anilines is 1. The van der Waals surface area contributed by atoms with E-state index in [1.165, 1.54) is 13.0 Å². The summed E-state index contributed by atoms with van der Waals surface area (Å²) in [5.41, 5.74) is 1.00. The third-order valence-corrected chi connectivity index (χ3v) is 3.50. The summed E-state index contributed by atoms with van der Waals surface area (Å²) in [5, 5.41) is 11.2. The highest BCUT2D eigenvalue weighted by Gasteiger charge is 2.31. The molecule has 0 spiro atoms. The molecule has 0 amide bonds. The van der Waals surface area contributed by atoms with Crippen LogP contribution in [0.5, 0.6) is 0 Å². The fourth-order valence-electron chi connectivity index (χ4n) is 2.55. The van der Waals surface area contributed by atoms with Gasteiger partial charge in [0.05, 0.1) is 4.92 Å². The van der Waals surface area contributed by atoms with Gasteiger partial charge in [-0.2, -0.15) is 0 Å². The van der Waals surface area contributed by atoms with Gasteiger partial charge in [-0.15, -0.1) is 0 Å². The lowest BCUT2D eigenvalue weighted by Gasteiger charge is -2.41. The summed E-state index contributed by atoms with van der Waals surface area (Å²) in [5.74, 6) is 0.380. The molecule has 0 N–H and O–H groups in total. The third-order valence-electron chi connectivity index (χ3n) is 3.50. The molecule has 1 fully saturated rings. The summed E-state index contributed by atoms with van der Waals surface area (Å²) in [7, 11) is 4.04. The number of Topliss-reactive ketones (excluding diaryl/α,β-unsaturated/α-hetero) is 1. The first kappa shape index (κ1) is 14.5. The molecular weight excluding hydrogens is 258 g/mol. The van der Waals surface area contributed by atoms with E-state index in [9.17, 15) is 14.9 Å². The number of nitrogens with zero attached hydrogens (tertiary/aromatic N) is 3. The maximum atomic E-state index is 11.3. The summed E-state index contributed by atoms with van der Waals surface area (Å²) >= 11 is 0. The molecule has 6 nitrogen and oxygen atoms in total. The minimum atomic E-state index is -0.416. The second kappa shape index (κ2) is 5.58. The molecule has 20 heavy (non-hydrogen) atoms. The number of rotatable bonds is 5. The van der Waals surface area contributed by atoms with Crippen molar-refractivity contribution < 1.29 is 9.72 Å². The highest BCUT2D eigenvalue weighted by atomic mass is 16.6. The number of carbonyl (C=O) groups is 1. The van der Waals surface area contributed by atoms with E-state index in [1.807, 2.05) is 19.0 Å². The Morgan fingerprint density at radius 3 is 2.60 bits per heavy atom. The summed E-state index contributed by atoms with van der Waals surface area (Å²) in [6.45, 7) is 4.03. The first-order valence-electron chi connectivity index (χ1n) is 6.57. The molecule has 1 heterocycles. The van der Waals surface area contributed by atoms with Crippen molar-refractivity contribution in [2.75, 3.05) is 38.6 Å². The van der Waals surface area contributed by atoms with Crippen LogP contribution in [0.4, 0.5) is 11.4 Å². The van der Waals surface area contributed by atoms with Gasteiger partial charge in [-0.05, 0) is 33.2 Å². The summed E-state index contributed by atoms with van der Waals surface area (Å²) in [4.78, 5) is 26.2. The van der Waals surface area contributed by atoms with Crippen molar-refractivity contribution in [2.24, 2.45) is 5.92 Å². The Bertz CT molecular complexity index is 536. The zero-order chi connectivity index (χ0) is 14.9. The molecule has 0 saturated carbocycles. The summed E-state index contributed by atoms with van der Waals surface area (Å²) in [6, 6.07) is 4.71. The Morgan fingerprint density at radius 2 is 2.10 bits per heavy atom. The largest absolute Gasteiger partial charge is 0.365 e. The van der Waals surface area contributed by atoms with Crippen LogP contribution in [0, 0.1) is 16.0 Å². The number of benzene rings is 1. The van der Waals surface area contributed by atoms with E-state index in [4.69, 9.17) is 0 Å². The van der Waals surface area contributed by atoms with E-state index in [1.54, 1.807) is 12.1 Å². The van der Waals surface area contributed by atoms with Crippen LogP contribution < -0.4 is 4.90 Å². The smallest absolute Gasteiger partial charge is 0.293 e. The highest BCUT2D eigenvalue weighted by molar-refractivity contribution is 5.95. The molecule has 1 saturated heterocycles. The first-order chi connectivity index (χ1) is 9.38. The lowest BCUT2D eigenvalue weighted by atomic mass is 9.97. The lowest BCUT2D eigenvalue weighted by molar-refractivity contribution is -0.384. The number of hydrogen-bond donors (Lipinski definition) is 0. The zero-order valence-electron chi connectivity index (χ0n) is 12.0. The van der Waals surface area contributed by atoms with Gasteiger partial charge in [0.25, 0.3) is 5.69 Å². The minimum Gasteiger partial charge on any atom is -0.365 e. The molecule has 1 aliphatic rings. The van der Waals surface area contributed by atoms with Crippen molar-refractivity contribution in [3.63, 3.8) is 0 Å². The standard InChI is InChI=1S/C14H19N3O3/c1-10(18)12-4-5-13(14(6-12)17(19)20)16-8-11(9-16)7-15(2)3/h4-6,11H,7-9H2,1-3H3. The van der Waals surface area contributed by atoms with Crippen molar-refractivity contribution in [1.82, 2.24) is 4.90 Å². The molecule has 1 aromatic rings. The lowest BCUT2D eigenvalue weighted by Crippen LogP contribution is -2.50. The van der Waals surface area contributed by atoms with Gasteiger partial charge < -0.3 is 9.80 Å². The molecule has 2 rings (SSSR count).